The number of hydrogen-bond donors (Lipinski definition) is 3. The van der Waals surface area contributed by atoms with Crippen LogP contribution in [0.1, 0.15) is 6.42 Å². The molecule has 0 aliphatic heterocycles. The summed E-state index contributed by atoms with van der Waals surface area (Å²) in [7, 11) is 0. The third-order valence-corrected chi connectivity index (χ3v) is 3.61. The van der Waals surface area contributed by atoms with Gasteiger partial charge in [0.2, 0.25) is 0 Å². The van der Waals surface area contributed by atoms with Crippen molar-refractivity contribution in [2.75, 3.05) is 17.3 Å². The zero-order chi connectivity index (χ0) is 14.3. The number of thioether (sulfide) groups is 1. The highest BCUT2D eigenvalue weighted by atomic mass is 127. The number of nitrogens with one attached hydrogen (secondary N) is 2. The lowest BCUT2D eigenvalue weighted by atomic mass is 10.2. The maximum absolute atomic E-state index is 11.7. The van der Waals surface area contributed by atoms with Crippen molar-refractivity contribution < 1.29 is 14.7 Å². The van der Waals surface area contributed by atoms with Crippen LogP contribution >= 0.6 is 34.4 Å². The molecule has 7 heteroatoms. The fourth-order valence-corrected chi connectivity index (χ4v) is 2.40. The number of halogens is 1. The summed E-state index contributed by atoms with van der Waals surface area (Å²) in [6.07, 6.45) is 2.29. The Hall–Kier alpha value is -0.960. The van der Waals surface area contributed by atoms with E-state index >= 15 is 0 Å². The van der Waals surface area contributed by atoms with Crippen LogP contribution in [0, 0.1) is 3.57 Å². The van der Waals surface area contributed by atoms with Crippen LogP contribution in [-0.4, -0.2) is 35.2 Å². The minimum atomic E-state index is -1.02. The molecule has 2 amide bonds. The molecule has 0 unspecified atom stereocenters. The molecular formula is C12H15IN2O3S. The lowest BCUT2D eigenvalue weighted by Crippen LogP contribution is -2.43. The minimum Gasteiger partial charge on any atom is -0.480 e. The normalized spacial score (nSPS) is 11.7. The first-order valence-corrected chi connectivity index (χ1v) is 8.05. The van der Waals surface area contributed by atoms with Gasteiger partial charge in [0.25, 0.3) is 0 Å². The van der Waals surface area contributed by atoms with Gasteiger partial charge >= 0.3 is 12.0 Å². The first kappa shape index (κ1) is 16.1. The van der Waals surface area contributed by atoms with Gasteiger partial charge in [-0.25, -0.2) is 9.59 Å². The minimum absolute atomic E-state index is 0.399. The number of rotatable bonds is 6. The first-order chi connectivity index (χ1) is 9.02. The van der Waals surface area contributed by atoms with Crippen molar-refractivity contribution in [3.05, 3.63) is 27.8 Å². The second kappa shape index (κ2) is 8.26. The molecule has 0 bridgehead atoms. The summed E-state index contributed by atoms with van der Waals surface area (Å²) in [5, 5.41) is 14.1. The van der Waals surface area contributed by atoms with Crippen LogP contribution < -0.4 is 10.6 Å². The van der Waals surface area contributed by atoms with E-state index in [1.54, 1.807) is 23.9 Å². The second-order valence-corrected chi connectivity index (χ2v) is 6.01. The Kier molecular flexibility index (Phi) is 7.00. The average molecular weight is 394 g/mol. The van der Waals surface area contributed by atoms with Crippen molar-refractivity contribution in [2.24, 2.45) is 0 Å². The lowest BCUT2D eigenvalue weighted by Gasteiger charge is -2.14. The maximum atomic E-state index is 11.7. The van der Waals surface area contributed by atoms with Gasteiger partial charge < -0.3 is 15.7 Å². The maximum Gasteiger partial charge on any atom is 0.326 e. The largest absolute Gasteiger partial charge is 0.480 e. The van der Waals surface area contributed by atoms with Crippen LogP contribution in [0.5, 0.6) is 0 Å². The Labute approximate surface area is 129 Å². The zero-order valence-electron chi connectivity index (χ0n) is 10.4. The Morgan fingerprint density at radius 1 is 1.47 bits per heavy atom. The fraction of sp³-hybridized carbons (Fsp3) is 0.333. The molecule has 0 fully saturated rings. The molecule has 0 aromatic heterocycles. The second-order valence-electron chi connectivity index (χ2n) is 3.78. The van der Waals surface area contributed by atoms with Gasteiger partial charge in [0.1, 0.15) is 6.04 Å². The van der Waals surface area contributed by atoms with Gasteiger partial charge in [-0.1, -0.05) is 6.07 Å². The van der Waals surface area contributed by atoms with E-state index in [1.807, 2.05) is 18.4 Å². The summed E-state index contributed by atoms with van der Waals surface area (Å²) in [6.45, 7) is 0. The smallest absolute Gasteiger partial charge is 0.326 e. The van der Waals surface area contributed by atoms with E-state index in [4.69, 9.17) is 5.11 Å². The number of benzene rings is 1. The van der Waals surface area contributed by atoms with Crippen molar-refractivity contribution in [1.29, 1.82) is 0 Å². The van der Waals surface area contributed by atoms with Crippen LogP contribution in [0.15, 0.2) is 24.3 Å². The summed E-state index contributed by atoms with van der Waals surface area (Å²) < 4.78 is 0.993. The number of aliphatic carboxylic acids is 1. The SMILES string of the molecule is CSCC[C@@H](NC(=O)Nc1cccc(I)c1)C(=O)O. The quantitative estimate of drug-likeness (QED) is 0.649. The van der Waals surface area contributed by atoms with E-state index in [-0.39, 0.29) is 0 Å². The number of carbonyl (C=O) groups is 2. The van der Waals surface area contributed by atoms with E-state index in [0.717, 1.165) is 3.57 Å². The molecule has 0 saturated carbocycles. The van der Waals surface area contributed by atoms with Crippen molar-refractivity contribution in [3.8, 4) is 0 Å². The van der Waals surface area contributed by atoms with Crippen LogP contribution in [0.4, 0.5) is 10.5 Å². The summed E-state index contributed by atoms with van der Waals surface area (Å²) in [5.41, 5.74) is 0.637. The van der Waals surface area contributed by atoms with Crippen molar-refractivity contribution >= 4 is 52.0 Å². The van der Waals surface area contributed by atoms with Crippen molar-refractivity contribution in [3.63, 3.8) is 0 Å². The number of hydrogen-bond acceptors (Lipinski definition) is 3. The molecule has 1 atom stereocenters. The van der Waals surface area contributed by atoms with Gasteiger partial charge in [0, 0.05) is 9.26 Å². The predicted molar refractivity (Wildman–Crippen MR) is 85.7 cm³/mol. The molecule has 1 aromatic rings. The molecule has 1 rings (SSSR count). The van der Waals surface area contributed by atoms with Crippen LogP contribution in [0.2, 0.25) is 0 Å². The molecule has 0 aliphatic carbocycles. The van der Waals surface area contributed by atoms with Crippen molar-refractivity contribution in [1.82, 2.24) is 5.32 Å². The summed E-state index contributed by atoms with van der Waals surface area (Å²) in [6, 6.07) is 5.91. The molecule has 104 valence electrons. The Balaban J connectivity index is 2.55. The number of carboxylic acids is 1. The summed E-state index contributed by atoms with van der Waals surface area (Å²) in [4.78, 5) is 22.7. The Morgan fingerprint density at radius 3 is 2.79 bits per heavy atom. The number of anilines is 1. The third-order valence-electron chi connectivity index (χ3n) is 2.30. The fourth-order valence-electron chi connectivity index (χ4n) is 1.38. The van der Waals surface area contributed by atoms with E-state index in [0.29, 0.717) is 17.9 Å². The van der Waals surface area contributed by atoms with Crippen LogP contribution in [0.3, 0.4) is 0 Å². The zero-order valence-corrected chi connectivity index (χ0v) is 13.3. The van der Waals surface area contributed by atoms with E-state index < -0.39 is 18.0 Å². The predicted octanol–water partition coefficient (Wildman–Crippen LogP) is 2.62. The van der Waals surface area contributed by atoms with Gasteiger partial charge in [-0.2, -0.15) is 11.8 Å². The lowest BCUT2D eigenvalue weighted by molar-refractivity contribution is -0.139. The molecule has 0 saturated heterocycles. The Bertz CT molecular complexity index is 456. The van der Waals surface area contributed by atoms with Gasteiger partial charge in [0.05, 0.1) is 0 Å². The van der Waals surface area contributed by atoms with Crippen LogP contribution in [0.25, 0.3) is 0 Å². The van der Waals surface area contributed by atoms with Crippen LogP contribution in [-0.2, 0) is 4.79 Å². The highest BCUT2D eigenvalue weighted by Gasteiger charge is 2.19. The van der Waals surface area contributed by atoms with Gasteiger partial charge in [-0.3, -0.25) is 0 Å². The molecule has 0 spiro atoms. The van der Waals surface area contributed by atoms with E-state index in [9.17, 15) is 9.59 Å². The molecule has 5 nitrogen and oxygen atoms in total. The monoisotopic (exact) mass is 394 g/mol. The number of carboxylic acid groups (broad SMARTS) is 1. The molecule has 0 heterocycles. The molecule has 0 aliphatic rings. The molecule has 3 N–H and O–H groups in total. The number of amides is 2. The average Bonchev–Trinajstić information content (AvgIpc) is 2.34. The number of carbonyl (C=O) groups excluding carboxylic acids is 1. The summed E-state index contributed by atoms with van der Waals surface area (Å²) in [5.74, 6) is -0.340. The first-order valence-electron chi connectivity index (χ1n) is 5.57. The molecule has 1 aromatic carbocycles. The highest BCUT2D eigenvalue weighted by molar-refractivity contribution is 14.1. The topological polar surface area (TPSA) is 78.4 Å². The molecular weight excluding hydrogens is 379 g/mol. The Morgan fingerprint density at radius 2 is 2.21 bits per heavy atom. The highest BCUT2D eigenvalue weighted by Crippen LogP contribution is 2.12. The standard InChI is InChI=1S/C12H15IN2O3S/c1-19-6-5-10(11(16)17)15-12(18)14-9-4-2-3-8(13)7-9/h2-4,7,10H,5-6H2,1H3,(H,16,17)(H2,14,15,18)/t10-/m1/s1. The van der Waals surface area contributed by atoms with Gasteiger partial charge in [-0.05, 0) is 59.2 Å². The van der Waals surface area contributed by atoms with E-state index in [1.165, 1.54) is 0 Å². The third kappa shape index (κ3) is 6.15. The van der Waals surface area contributed by atoms with E-state index in [2.05, 4.69) is 33.2 Å². The number of urea groups is 1. The van der Waals surface area contributed by atoms with Gasteiger partial charge in [0.15, 0.2) is 0 Å². The summed E-state index contributed by atoms with van der Waals surface area (Å²) >= 11 is 3.68. The molecule has 0 radical (unpaired) electrons. The van der Waals surface area contributed by atoms with Gasteiger partial charge in [-0.15, -0.1) is 0 Å². The molecule has 19 heavy (non-hydrogen) atoms. The van der Waals surface area contributed by atoms with Crippen molar-refractivity contribution in [2.45, 2.75) is 12.5 Å².